The van der Waals surface area contributed by atoms with Crippen molar-refractivity contribution in [3.63, 3.8) is 0 Å². The lowest BCUT2D eigenvalue weighted by atomic mass is 10.3. The third kappa shape index (κ3) is 3.50. The topological polar surface area (TPSA) is 84.6 Å². The van der Waals surface area contributed by atoms with Gasteiger partial charge in [-0.2, -0.15) is 4.98 Å². The van der Waals surface area contributed by atoms with Crippen molar-refractivity contribution >= 4 is 17.7 Å². The molecule has 2 aromatic rings. The number of anilines is 2. The van der Waals surface area contributed by atoms with Crippen molar-refractivity contribution in [1.82, 2.24) is 4.98 Å². The van der Waals surface area contributed by atoms with Gasteiger partial charge >= 0.3 is 5.97 Å². The number of carboxylic acid groups (broad SMARTS) is 1. The lowest BCUT2D eigenvalue weighted by molar-refractivity contribution is -0.136. The minimum absolute atomic E-state index is 0.177. The van der Waals surface area contributed by atoms with Gasteiger partial charge in [-0.3, -0.25) is 4.79 Å². The Morgan fingerprint density at radius 3 is 2.70 bits per heavy atom. The molecule has 0 saturated heterocycles. The summed E-state index contributed by atoms with van der Waals surface area (Å²) in [5.41, 5.74) is 1.36. The number of aliphatic carboxylic acids is 1. The third-order valence-electron chi connectivity index (χ3n) is 2.62. The molecule has 0 fully saturated rings. The quantitative estimate of drug-likeness (QED) is 0.844. The van der Waals surface area contributed by atoms with Crippen LogP contribution < -0.4 is 10.1 Å². The van der Waals surface area contributed by atoms with E-state index >= 15 is 0 Å². The normalized spacial score (nSPS) is 10.3. The molecule has 0 aliphatic carbocycles. The predicted molar refractivity (Wildman–Crippen MR) is 73.5 cm³/mol. The molecule has 0 spiro atoms. The summed E-state index contributed by atoms with van der Waals surface area (Å²) in [5, 5.41) is 11.7. The summed E-state index contributed by atoms with van der Waals surface area (Å²) in [4.78, 5) is 14.8. The SMILES string of the molecule is CCOc1ccc(Nc2nc(C)c(CC(=O)O)o2)cc1. The molecule has 0 aliphatic rings. The first-order valence-electron chi connectivity index (χ1n) is 6.26. The standard InChI is InChI=1S/C14H16N2O4/c1-3-19-11-6-4-10(5-7-11)16-14-15-9(2)12(20-14)8-13(17)18/h4-7H,3,8H2,1-2H3,(H,15,16)(H,17,18). The second-order valence-electron chi connectivity index (χ2n) is 4.18. The van der Waals surface area contributed by atoms with Crippen molar-refractivity contribution in [3.8, 4) is 5.75 Å². The fraction of sp³-hybridized carbons (Fsp3) is 0.286. The van der Waals surface area contributed by atoms with E-state index in [0.29, 0.717) is 18.1 Å². The van der Waals surface area contributed by atoms with E-state index in [9.17, 15) is 4.79 Å². The van der Waals surface area contributed by atoms with Gasteiger partial charge < -0.3 is 19.6 Å². The Morgan fingerprint density at radius 2 is 2.10 bits per heavy atom. The van der Waals surface area contributed by atoms with Gasteiger partial charge in [0.05, 0.1) is 12.3 Å². The van der Waals surface area contributed by atoms with Crippen LogP contribution in [0.2, 0.25) is 0 Å². The Labute approximate surface area is 116 Å². The van der Waals surface area contributed by atoms with Crippen LogP contribution in [0.5, 0.6) is 5.75 Å². The molecule has 20 heavy (non-hydrogen) atoms. The first kappa shape index (κ1) is 13.9. The molecule has 0 aliphatic heterocycles. The van der Waals surface area contributed by atoms with E-state index in [1.807, 2.05) is 31.2 Å². The van der Waals surface area contributed by atoms with Gasteiger partial charge in [0.15, 0.2) is 0 Å². The average Bonchev–Trinajstić information content (AvgIpc) is 2.72. The number of hydrogen-bond donors (Lipinski definition) is 2. The Bertz CT molecular complexity index is 590. The summed E-state index contributed by atoms with van der Waals surface area (Å²) in [6.07, 6.45) is -0.177. The highest BCUT2D eigenvalue weighted by molar-refractivity contribution is 5.69. The van der Waals surface area contributed by atoms with Crippen molar-refractivity contribution < 1.29 is 19.1 Å². The number of aryl methyl sites for hydroxylation is 1. The zero-order chi connectivity index (χ0) is 14.5. The van der Waals surface area contributed by atoms with Crippen molar-refractivity contribution in [1.29, 1.82) is 0 Å². The number of oxazole rings is 1. The molecule has 0 bridgehead atoms. The van der Waals surface area contributed by atoms with Gasteiger partial charge in [0.25, 0.3) is 6.01 Å². The summed E-state index contributed by atoms with van der Waals surface area (Å²) in [6.45, 7) is 4.25. The van der Waals surface area contributed by atoms with E-state index in [2.05, 4.69) is 10.3 Å². The molecule has 106 valence electrons. The maximum absolute atomic E-state index is 10.7. The second kappa shape index (κ2) is 6.10. The van der Waals surface area contributed by atoms with Crippen LogP contribution in [0.25, 0.3) is 0 Å². The fourth-order valence-corrected chi connectivity index (χ4v) is 1.71. The Hall–Kier alpha value is -2.50. The number of hydrogen-bond acceptors (Lipinski definition) is 5. The first-order chi connectivity index (χ1) is 9.58. The summed E-state index contributed by atoms with van der Waals surface area (Å²) in [5.74, 6) is 0.191. The van der Waals surface area contributed by atoms with Gasteiger partial charge in [-0.25, -0.2) is 0 Å². The fourth-order valence-electron chi connectivity index (χ4n) is 1.71. The second-order valence-corrected chi connectivity index (χ2v) is 4.18. The number of aromatic nitrogens is 1. The van der Waals surface area contributed by atoms with Crippen LogP contribution in [0.1, 0.15) is 18.4 Å². The third-order valence-corrected chi connectivity index (χ3v) is 2.62. The van der Waals surface area contributed by atoms with Crippen LogP contribution in [-0.2, 0) is 11.2 Å². The van der Waals surface area contributed by atoms with Crippen molar-refractivity contribution in [2.75, 3.05) is 11.9 Å². The van der Waals surface area contributed by atoms with E-state index in [1.54, 1.807) is 6.92 Å². The molecule has 6 nitrogen and oxygen atoms in total. The molecule has 0 saturated carbocycles. The molecule has 1 heterocycles. The maximum Gasteiger partial charge on any atom is 0.311 e. The van der Waals surface area contributed by atoms with Gasteiger partial charge in [0.1, 0.15) is 17.9 Å². The highest BCUT2D eigenvalue weighted by Crippen LogP contribution is 2.22. The molecular weight excluding hydrogens is 260 g/mol. The average molecular weight is 276 g/mol. The molecule has 0 atom stereocenters. The van der Waals surface area contributed by atoms with Gasteiger partial charge in [0, 0.05) is 5.69 Å². The van der Waals surface area contributed by atoms with E-state index in [-0.39, 0.29) is 12.4 Å². The highest BCUT2D eigenvalue weighted by atomic mass is 16.5. The number of nitrogens with one attached hydrogen (secondary N) is 1. The number of nitrogens with zero attached hydrogens (tertiary/aromatic N) is 1. The van der Waals surface area contributed by atoms with Gasteiger partial charge in [-0.15, -0.1) is 0 Å². The lowest BCUT2D eigenvalue weighted by Gasteiger charge is -2.04. The molecule has 2 N–H and O–H groups in total. The van der Waals surface area contributed by atoms with E-state index in [0.717, 1.165) is 11.4 Å². The molecule has 1 aromatic carbocycles. The van der Waals surface area contributed by atoms with Crippen LogP contribution in [-0.4, -0.2) is 22.7 Å². The van der Waals surface area contributed by atoms with E-state index in [1.165, 1.54) is 0 Å². The molecule has 6 heteroatoms. The molecule has 0 amide bonds. The zero-order valence-corrected chi connectivity index (χ0v) is 11.3. The number of rotatable bonds is 6. The van der Waals surface area contributed by atoms with Crippen molar-refractivity contribution in [2.45, 2.75) is 20.3 Å². The van der Waals surface area contributed by atoms with Crippen LogP contribution in [0.3, 0.4) is 0 Å². The number of ether oxygens (including phenoxy) is 1. The highest BCUT2D eigenvalue weighted by Gasteiger charge is 2.12. The predicted octanol–water partition coefficient (Wildman–Crippen LogP) is 2.75. The smallest absolute Gasteiger partial charge is 0.311 e. The molecule has 0 unspecified atom stereocenters. The summed E-state index contributed by atoms with van der Waals surface area (Å²) >= 11 is 0. The molecule has 1 aromatic heterocycles. The van der Waals surface area contributed by atoms with Gasteiger partial charge in [0.2, 0.25) is 0 Å². The van der Waals surface area contributed by atoms with E-state index in [4.69, 9.17) is 14.3 Å². The van der Waals surface area contributed by atoms with E-state index < -0.39 is 5.97 Å². The largest absolute Gasteiger partial charge is 0.494 e. The number of carboxylic acids is 1. The number of benzene rings is 1. The summed E-state index contributed by atoms with van der Waals surface area (Å²) in [7, 11) is 0. The maximum atomic E-state index is 10.7. The monoisotopic (exact) mass is 276 g/mol. The van der Waals surface area contributed by atoms with Crippen LogP contribution >= 0.6 is 0 Å². The van der Waals surface area contributed by atoms with Crippen LogP contribution in [0.15, 0.2) is 28.7 Å². The van der Waals surface area contributed by atoms with Gasteiger partial charge in [-0.1, -0.05) is 0 Å². The lowest BCUT2D eigenvalue weighted by Crippen LogP contribution is -1.99. The number of carbonyl (C=O) groups is 1. The Balaban J connectivity index is 2.07. The minimum Gasteiger partial charge on any atom is -0.494 e. The zero-order valence-electron chi connectivity index (χ0n) is 11.3. The minimum atomic E-state index is -0.947. The summed E-state index contributed by atoms with van der Waals surface area (Å²) in [6, 6.07) is 7.62. The van der Waals surface area contributed by atoms with Gasteiger partial charge in [-0.05, 0) is 38.1 Å². The van der Waals surface area contributed by atoms with Crippen molar-refractivity contribution in [3.05, 3.63) is 35.7 Å². The van der Waals surface area contributed by atoms with Crippen LogP contribution in [0, 0.1) is 6.92 Å². The molecular formula is C14H16N2O4. The molecule has 2 rings (SSSR count). The Morgan fingerprint density at radius 1 is 1.40 bits per heavy atom. The summed E-state index contributed by atoms with van der Waals surface area (Å²) < 4.78 is 10.7. The molecule has 0 radical (unpaired) electrons. The van der Waals surface area contributed by atoms with Crippen molar-refractivity contribution in [2.24, 2.45) is 0 Å². The van der Waals surface area contributed by atoms with Crippen LogP contribution in [0.4, 0.5) is 11.7 Å². The Kier molecular flexibility index (Phi) is 4.24. The first-order valence-corrected chi connectivity index (χ1v) is 6.26.